The summed E-state index contributed by atoms with van der Waals surface area (Å²) in [6.45, 7) is 6.22. The fourth-order valence-corrected chi connectivity index (χ4v) is 3.77. The molecule has 0 radical (unpaired) electrons. The Morgan fingerprint density at radius 2 is 2.00 bits per heavy atom. The van der Waals surface area contributed by atoms with Crippen molar-refractivity contribution in [3.05, 3.63) is 11.9 Å². The molecule has 17 heavy (non-hydrogen) atoms. The van der Waals surface area contributed by atoms with E-state index in [1.807, 2.05) is 13.8 Å². The Hall–Kier alpha value is -0.920. The first kappa shape index (κ1) is 12.5. The molecule has 1 aromatic rings. The molecule has 0 unspecified atom stereocenters. The van der Waals surface area contributed by atoms with E-state index in [9.17, 15) is 8.42 Å². The SMILES string of the molecule is Cc1[nH]ncc1S(=O)(=O)N1C[C@@H](C)O[C@@H](C)C1. The molecule has 96 valence electrons. The summed E-state index contributed by atoms with van der Waals surface area (Å²) in [6, 6.07) is 0. The zero-order valence-corrected chi connectivity index (χ0v) is 11.0. The number of aromatic nitrogens is 2. The predicted molar refractivity (Wildman–Crippen MR) is 62.1 cm³/mol. The smallest absolute Gasteiger partial charge is 0.246 e. The van der Waals surface area contributed by atoms with Crippen molar-refractivity contribution in [1.29, 1.82) is 0 Å². The number of hydrogen-bond acceptors (Lipinski definition) is 4. The minimum Gasteiger partial charge on any atom is -0.373 e. The Labute approximate surface area is 101 Å². The molecule has 1 aliphatic heterocycles. The number of morpholine rings is 1. The molecule has 1 fully saturated rings. The van der Waals surface area contributed by atoms with Crippen LogP contribution in [0.1, 0.15) is 19.5 Å². The molecule has 0 aromatic carbocycles. The van der Waals surface area contributed by atoms with E-state index in [-0.39, 0.29) is 17.1 Å². The van der Waals surface area contributed by atoms with Gasteiger partial charge in [-0.25, -0.2) is 8.42 Å². The van der Waals surface area contributed by atoms with Crippen LogP contribution in [-0.4, -0.2) is 48.2 Å². The predicted octanol–water partition coefficient (Wildman–Crippen LogP) is 0.516. The van der Waals surface area contributed by atoms with Crippen LogP contribution in [0.4, 0.5) is 0 Å². The maximum atomic E-state index is 12.4. The summed E-state index contributed by atoms with van der Waals surface area (Å²) in [5.74, 6) is 0. The number of H-pyrrole nitrogens is 1. The summed E-state index contributed by atoms with van der Waals surface area (Å²) in [5.41, 5.74) is 0.566. The van der Waals surface area contributed by atoms with Gasteiger partial charge in [0.05, 0.1) is 24.1 Å². The van der Waals surface area contributed by atoms with Crippen molar-refractivity contribution in [3.63, 3.8) is 0 Å². The number of sulfonamides is 1. The highest BCUT2D eigenvalue weighted by Gasteiger charge is 2.33. The van der Waals surface area contributed by atoms with Gasteiger partial charge in [-0.15, -0.1) is 0 Å². The van der Waals surface area contributed by atoms with Crippen molar-refractivity contribution >= 4 is 10.0 Å². The summed E-state index contributed by atoms with van der Waals surface area (Å²) in [5, 5.41) is 6.41. The topological polar surface area (TPSA) is 75.3 Å². The number of nitrogens with zero attached hydrogens (tertiary/aromatic N) is 2. The molecule has 1 saturated heterocycles. The second-order valence-electron chi connectivity index (χ2n) is 4.44. The molecule has 1 aromatic heterocycles. The number of aryl methyl sites for hydroxylation is 1. The molecule has 0 aliphatic carbocycles. The van der Waals surface area contributed by atoms with Crippen LogP contribution in [0.5, 0.6) is 0 Å². The number of rotatable bonds is 2. The fraction of sp³-hybridized carbons (Fsp3) is 0.700. The van der Waals surface area contributed by atoms with Crippen molar-refractivity contribution in [2.45, 2.75) is 37.9 Å². The highest BCUT2D eigenvalue weighted by Crippen LogP contribution is 2.22. The lowest BCUT2D eigenvalue weighted by molar-refractivity contribution is -0.0440. The standard InChI is InChI=1S/C10H17N3O3S/c1-7-5-13(6-8(2)16-7)17(14,15)10-4-11-12-9(10)3/h4,7-8H,5-6H2,1-3H3,(H,11,12)/t7-,8+. The average Bonchev–Trinajstić information content (AvgIpc) is 2.63. The van der Waals surface area contributed by atoms with Crippen LogP contribution in [0.15, 0.2) is 11.1 Å². The van der Waals surface area contributed by atoms with Gasteiger partial charge in [-0.1, -0.05) is 0 Å². The van der Waals surface area contributed by atoms with Gasteiger partial charge in [0.25, 0.3) is 0 Å². The second-order valence-corrected chi connectivity index (χ2v) is 6.34. The van der Waals surface area contributed by atoms with Crippen LogP contribution in [0.3, 0.4) is 0 Å². The van der Waals surface area contributed by atoms with E-state index in [1.54, 1.807) is 6.92 Å². The molecule has 2 rings (SSSR count). The Kier molecular flexibility index (Phi) is 3.24. The molecule has 7 heteroatoms. The monoisotopic (exact) mass is 259 g/mol. The Balaban J connectivity index is 2.30. The van der Waals surface area contributed by atoms with Gasteiger partial charge in [-0.05, 0) is 20.8 Å². The highest BCUT2D eigenvalue weighted by molar-refractivity contribution is 7.89. The van der Waals surface area contributed by atoms with Crippen LogP contribution in [0, 0.1) is 6.92 Å². The molecule has 0 saturated carbocycles. The van der Waals surface area contributed by atoms with Crippen molar-refractivity contribution in [2.24, 2.45) is 0 Å². The van der Waals surface area contributed by atoms with Crippen molar-refractivity contribution in [3.8, 4) is 0 Å². The van der Waals surface area contributed by atoms with Gasteiger partial charge in [0.1, 0.15) is 4.90 Å². The maximum Gasteiger partial charge on any atom is 0.246 e. The molecule has 2 atom stereocenters. The van der Waals surface area contributed by atoms with Crippen LogP contribution in [-0.2, 0) is 14.8 Å². The highest BCUT2D eigenvalue weighted by atomic mass is 32.2. The first-order valence-corrected chi connectivity index (χ1v) is 7.01. The Bertz CT molecular complexity index is 487. The lowest BCUT2D eigenvalue weighted by atomic mass is 10.3. The van der Waals surface area contributed by atoms with E-state index < -0.39 is 10.0 Å². The molecule has 6 nitrogen and oxygen atoms in total. The fourth-order valence-electron chi connectivity index (χ4n) is 2.07. The van der Waals surface area contributed by atoms with Crippen LogP contribution >= 0.6 is 0 Å². The first-order valence-electron chi connectivity index (χ1n) is 5.57. The molecular weight excluding hydrogens is 242 g/mol. The molecule has 0 spiro atoms. The third-order valence-electron chi connectivity index (χ3n) is 2.79. The second kappa shape index (κ2) is 4.40. The van der Waals surface area contributed by atoms with Gasteiger partial charge in [-0.3, -0.25) is 5.10 Å². The Morgan fingerprint density at radius 3 is 2.47 bits per heavy atom. The third-order valence-corrected chi connectivity index (χ3v) is 4.73. The summed E-state index contributed by atoms with van der Waals surface area (Å²) in [4.78, 5) is 0.249. The lowest BCUT2D eigenvalue weighted by Crippen LogP contribution is -2.48. The largest absolute Gasteiger partial charge is 0.373 e. The molecule has 2 heterocycles. The quantitative estimate of drug-likeness (QED) is 0.840. The molecule has 0 bridgehead atoms. The molecule has 1 aliphatic rings. The van der Waals surface area contributed by atoms with Gasteiger partial charge in [0, 0.05) is 13.1 Å². The van der Waals surface area contributed by atoms with Gasteiger partial charge < -0.3 is 4.74 Å². The van der Waals surface area contributed by atoms with E-state index in [4.69, 9.17) is 4.74 Å². The molecule has 1 N–H and O–H groups in total. The van der Waals surface area contributed by atoms with E-state index in [0.29, 0.717) is 18.8 Å². The van der Waals surface area contributed by atoms with Crippen LogP contribution < -0.4 is 0 Å². The van der Waals surface area contributed by atoms with Gasteiger partial charge in [0.2, 0.25) is 10.0 Å². The first-order chi connectivity index (χ1) is 7.91. The summed E-state index contributed by atoms with van der Waals surface area (Å²) in [7, 11) is -3.46. The number of aromatic amines is 1. The normalized spacial score (nSPS) is 27.2. The lowest BCUT2D eigenvalue weighted by Gasteiger charge is -2.34. The number of hydrogen-bond donors (Lipinski definition) is 1. The summed E-state index contributed by atoms with van der Waals surface area (Å²) < 4.78 is 31.7. The maximum absolute atomic E-state index is 12.4. The van der Waals surface area contributed by atoms with Gasteiger partial charge in [0.15, 0.2) is 0 Å². The average molecular weight is 259 g/mol. The van der Waals surface area contributed by atoms with Gasteiger partial charge >= 0.3 is 0 Å². The van der Waals surface area contributed by atoms with Crippen molar-refractivity contribution in [2.75, 3.05) is 13.1 Å². The number of nitrogens with one attached hydrogen (secondary N) is 1. The van der Waals surface area contributed by atoms with Crippen LogP contribution in [0.2, 0.25) is 0 Å². The van der Waals surface area contributed by atoms with Gasteiger partial charge in [-0.2, -0.15) is 9.40 Å². The van der Waals surface area contributed by atoms with Crippen molar-refractivity contribution < 1.29 is 13.2 Å². The van der Waals surface area contributed by atoms with E-state index in [1.165, 1.54) is 10.5 Å². The summed E-state index contributed by atoms with van der Waals surface area (Å²) >= 11 is 0. The van der Waals surface area contributed by atoms with E-state index >= 15 is 0 Å². The van der Waals surface area contributed by atoms with Crippen molar-refractivity contribution in [1.82, 2.24) is 14.5 Å². The molecule has 0 amide bonds. The molecular formula is C10H17N3O3S. The third kappa shape index (κ3) is 2.36. The van der Waals surface area contributed by atoms with Crippen LogP contribution in [0.25, 0.3) is 0 Å². The minimum absolute atomic E-state index is 0.0827. The zero-order chi connectivity index (χ0) is 12.6. The van der Waals surface area contributed by atoms with E-state index in [2.05, 4.69) is 10.2 Å². The summed E-state index contributed by atoms with van der Waals surface area (Å²) in [6.07, 6.45) is 1.19. The Morgan fingerprint density at radius 1 is 1.41 bits per heavy atom. The number of ether oxygens (including phenoxy) is 1. The minimum atomic E-state index is -3.46. The van der Waals surface area contributed by atoms with E-state index in [0.717, 1.165) is 0 Å². The zero-order valence-electron chi connectivity index (χ0n) is 10.2.